The molecule has 1 fully saturated rings. The van der Waals surface area contributed by atoms with Crippen molar-refractivity contribution >= 4 is 5.91 Å². The second-order valence-electron chi connectivity index (χ2n) is 9.53. The Morgan fingerprint density at radius 3 is 2.39 bits per heavy atom. The minimum atomic E-state index is -0.151. The Kier molecular flexibility index (Phi) is 7.68. The van der Waals surface area contributed by atoms with Gasteiger partial charge < -0.3 is 14.8 Å². The lowest BCUT2D eigenvalue weighted by atomic mass is 9.80. The predicted molar refractivity (Wildman–Crippen MR) is 112 cm³/mol. The molecule has 2 heterocycles. The summed E-state index contributed by atoms with van der Waals surface area (Å²) in [6, 6.07) is 1.92. The van der Waals surface area contributed by atoms with Gasteiger partial charge in [0, 0.05) is 17.7 Å². The summed E-state index contributed by atoms with van der Waals surface area (Å²) in [6.07, 6.45) is 3.87. The molecule has 1 N–H and O–H groups in total. The van der Waals surface area contributed by atoms with Crippen molar-refractivity contribution in [2.75, 3.05) is 19.8 Å². The summed E-state index contributed by atoms with van der Waals surface area (Å²) in [7, 11) is 0. The number of rotatable bonds is 9. The fraction of sp³-hybridized carbons (Fsp3) is 0.818. The van der Waals surface area contributed by atoms with E-state index >= 15 is 0 Å². The third-order valence-corrected chi connectivity index (χ3v) is 5.42. The van der Waals surface area contributed by atoms with E-state index in [1.807, 2.05) is 10.7 Å². The van der Waals surface area contributed by atoms with E-state index < -0.39 is 0 Å². The van der Waals surface area contributed by atoms with E-state index in [1.54, 1.807) is 0 Å². The summed E-state index contributed by atoms with van der Waals surface area (Å²) >= 11 is 0. The minimum absolute atomic E-state index is 0.00535. The second kappa shape index (κ2) is 9.40. The first-order valence-corrected chi connectivity index (χ1v) is 10.7. The minimum Gasteiger partial charge on any atom is -0.351 e. The van der Waals surface area contributed by atoms with Crippen molar-refractivity contribution in [1.29, 1.82) is 0 Å². The SMILES string of the molecule is CCC[C@](C)(CCCNC(=O)c1cc(C(C)C)n(C(C)(C)C)n1)C1OCCO1. The molecule has 1 aromatic heterocycles. The third-order valence-electron chi connectivity index (χ3n) is 5.42. The number of hydrogen-bond donors (Lipinski definition) is 1. The van der Waals surface area contributed by atoms with Gasteiger partial charge in [0.05, 0.1) is 18.8 Å². The van der Waals surface area contributed by atoms with Gasteiger partial charge in [0.1, 0.15) is 5.69 Å². The van der Waals surface area contributed by atoms with Crippen molar-refractivity contribution < 1.29 is 14.3 Å². The number of hydrogen-bond acceptors (Lipinski definition) is 4. The van der Waals surface area contributed by atoms with Gasteiger partial charge in [0.25, 0.3) is 5.91 Å². The smallest absolute Gasteiger partial charge is 0.271 e. The maximum Gasteiger partial charge on any atom is 0.271 e. The fourth-order valence-corrected chi connectivity index (χ4v) is 3.93. The number of amides is 1. The molecule has 160 valence electrons. The Hall–Kier alpha value is -1.40. The zero-order valence-corrected chi connectivity index (χ0v) is 18.8. The quantitative estimate of drug-likeness (QED) is 0.630. The van der Waals surface area contributed by atoms with Crippen LogP contribution in [0.3, 0.4) is 0 Å². The highest BCUT2D eigenvalue weighted by atomic mass is 16.7. The van der Waals surface area contributed by atoms with Crippen LogP contribution in [-0.4, -0.2) is 41.7 Å². The molecule has 6 heteroatoms. The monoisotopic (exact) mass is 393 g/mol. The van der Waals surface area contributed by atoms with Crippen LogP contribution in [0.2, 0.25) is 0 Å². The van der Waals surface area contributed by atoms with E-state index in [1.165, 1.54) is 0 Å². The van der Waals surface area contributed by atoms with Crippen LogP contribution in [0.4, 0.5) is 0 Å². The van der Waals surface area contributed by atoms with Gasteiger partial charge in [-0.3, -0.25) is 9.48 Å². The maximum atomic E-state index is 12.6. The van der Waals surface area contributed by atoms with Crippen LogP contribution in [0.25, 0.3) is 0 Å². The number of carbonyl (C=O) groups excluding carboxylic acids is 1. The van der Waals surface area contributed by atoms with E-state index in [-0.39, 0.29) is 23.2 Å². The van der Waals surface area contributed by atoms with Crippen LogP contribution in [0.15, 0.2) is 6.07 Å². The molecule has 0 unspecified atom stereocenters. The van der Waals surface area contributed by atoms with Gasteiger partial charge in [0.2, 0.25) is 0 Å². The summed E-state index contributed by atoms with van der Waals surface area (Å²) in [6.45, 7) is 17.0. The van der Waals surface area contributed by atoms with E-state index in [2.05, 4.69) is 58.9 Å². The molecule has 2 rings (SSSR count). The van der Waals surface area contributed by atoms with Crippen molar-refractivity contribution in [2.24, 2.45) is 5.41 Å². The van der Waals surface area contributed by atoms with Crippen LogP contribution in [0.5, 0.6) is 0 Å². The summed E-state index contributed by atoms with van der Waals surface area (Å²) < 4.78 is 13.5. The van der Waals surface area contributed by atoms with Gasteiger partial charge in [-0.15, -0.1) is 0 Å². The molecule has 0 radical (unpaired) electrons. The molecule has 0 spiro atoms. The summed E-state index contributed by atoms with van der Waals surface area (Å²) in [5, 5.41) is 7.63. The molecule has 0 aliphatic carbocycles. The zero-order valence-electron chi connectivity index (χ0n) is 18.8. The molecular weight excluding hydrogens is 354 g/mol. The molecule has 1 amide bonds. The molecule has 28 heavy (non-hydrogen) atoms. The van der Waals surface area contributed by atoms with E-state index in [9.17, 15) is 4.79 Å². The van der Waals surface area contributed by atoms with Crippen molar-refractivity contribution in [2.45, 2.75) is 91.9 Å². The molecule has 6 nitrogen and oxygen atoms in total. The Labute approximate surface area is 170 Å². The number of aromatic nitrogens is 2. The first-order chi connectivity index (χ1) is 13.1. The first-order valence-electron chi connectivity index (χ1n) is 10.7. The van der Waals surface area contributed by atoms with Gasteiger partial charge in [-0.2, -0.15) is 5.10 Å². The average molecular weight is 394 g/mol. The Bertz CT molecular complexity index is 642. The number of nitrogens with zero attached hydrogens (tertiary/aromatic N) is 2. The Morgan fingerprint density at radius 1 is 1.25 bits per heavy atom. The van der Waals surface area contributed by atoms with Gasteiger partial charge in [-0.05, 0) is 52.0 Å². The van der Waals surface area contributed by atoms with Gasteiger partial charge in [-0.25, -0.2) is 0 Å². The van der Waals surface area contributed by atoms with Crippen LogP contribution in [0, 0.1) is 5.41 Å². The Morgan fingerprint density at radius 2 is 1.89 bits per heavy atom. The molecule has 0 bridgehead atoms. The van der Waals surface area contributed by atoms with Crippen molar-refractivity contribution in [3.05, 3.63) is 17.5 Å². The lowest BCUT2D eigenvalue weighted by molar-refractivity contribution is -0.133. The molecule has 1 aromatic rings. The van der Waals surface area contributed by atoms with Crippen LogP contribution < -0.4 is 5.32 Å². The van der Waals surface area contributed by atoms with Crippen LogP contribution in [0.1, 0.15) is 96.2 Å². The zero-order chi connectivity index (χ0) is 20.9. The topological polar surface area (TPSA) is 65.4 Å². The first kappa shape index (κ1) is 22.9. The molecule has 1 atom stereocenters. The molecule has 1 saturated heterocycles. The third kappa shape index (κ3) is 5.57. The lowest BCUT2D eigenvalue weighted by Crippen LogP contribution is -2.34. The van der Waals surface area contributed by atoms with Crippen molar-refractivity contribution in [3.8, 4) is 0 Å². The lowest BCUT2D eigenvalue weighted by Gasteiger charge is -2.33. The molecule has 0 saturated carbocycles. The standard InChI is InChI=1S/C22H39N3O3/c1-8-10-22(7,20-27-13-14-28-20)11-9-12-23-19(26)17-15-18(16(2)3)25(24-17)21(4,5)6/h15-16,20H,8-14H2,1-7H3,(H,23,26)/t22-/m1/s1. The summed E-state index contributed by atoms with van der Waals surface area (Å²) in [4.78, 5) is 12.6. The number of ether oxygens (including phenoxy) is 2. The highest BCUT2D eigenvalue weighted by Crippen LogP contribution is 2.37. The van der Waals surface area contributed by atoms with Crippen molar-refractivity contribution in [1.82, 2.24) is 15.1 Å². The van der Waals surface area contributed by atoms with E-state index in [0.717, 1.165) is 31.4 Å². The number of nitrogens with one attached hydrogen (secondary N) is 1. The van der Waals surface area contributed by atoms with Gasteiger partial charge >= 0.3 is 0 Å². The van der Waals surface area contributed by atoms with Crippen LogP contribution in [-0.2, 0) is 15.0 Å². The van der Waals surface area contributed by atoms with Gasteiger partial charge in [0.15, 0.2) is 6.29 Å². The summed E-state index contributed by atoms with van der Waals surface area (Å²) in [5.74, 6) is 0.213. The van der Waals surface area contributed by atoms with Crippen molar-refractivity contribution in [3.63, 3.8) is 0 Å². The predicted octanol–water partition coefficient (Wildman–Crippen LogP) is 4.45. The number of carbonyl (C=O) groups is 1. The summed E-state index contributed by atoms with van der Waals surface area (Å²) in [5.41, 5.74) is 1.43. The van der Waals surface area contributed by atoms with Crippen LogP contribution >= 0.6 is 0 Å². The fourth-order valence-electron chi connectivity index (χ4n) is 3.93. The van der Waals surface area contributed by atoms with E-state index in [0.29, 0.717) is 31.4 Å². The average Bonchev–Trinajstić information content (AvgIpc) is 3.27. The maximum absolute atomic E-state index is 12.6. The molecule has 1 aliphatic heterocycles. The highest BCUT2D eigenvalue weighted by Gasteiger charge is 2.37. The Balaban J connectivity index is 1.93. The molecule has 1 aliphatic rings. The van der Waals surface area contributed by atoms with E-state index in [4.69, 9.17) is 9.47 Å². The molecular formula is C22H39N3O3. The molecule has 0 aromatic carbocycles. The normalized spacial score (nSPS) is 17.9. The van der Waals surface area contributed by atoms with Gasteiger partial charge in [-0.1, -0.05) is 34.1 Å². The second-order valence-corrected chi connectivity index (χ2v) is 9.53. The highest BCUT2D eigenvalue weighted by molar-refractivity contribution is 5.92. The largest absolute Gasteiger partial charge is 0.351 e.